The zero-order chi connectivity index (χ0) is 21.8. The van der Waals surface area contributed by atoms with Crippen LogP contribution in [0.25, 0.3) is 17.1 Å². The van der Waals surface area contributed by atoms with Crippen molar-refractivity contribution in [3.05, 3.63) is 107 Å². The van der Waals surface area contributed by atoms with Crippen molar-refractivity contribution in [2.45, 2.75) is 33.4 Å². The van der Waals surface area contributed by atoms with Gasteiger partial charge in [-0.3, -0.25) is 4.79 Å². The third-order valence-electron chi connectivity index (χ3n) is 5.44. The number of rotatable bonds is 6. The van der Waals surface area contributed by atoms with Gasteiger partial charge in [-0.15, -0.1) is 0 Å². The minimum atomic E-state index is -0.231. The van der Waals surface area contributed by atoms with Crippen LogP contribution in [0, 0.1) is 13.8 Å². The molecule has 1 N–H and O–H groups in total. The Hall–Kier alpha value is -3.66. The Morgan fingerprint density at radius 1 is 1.03 bits per heavy atom. The summed E-state index contributed by atoms with van der Waals surface area (Å²) in [4.78, 5) is 17.8. The number of carbonyl (C=O) groups excluding carboxylic acids is 1. The molecule has 1 aromatic heterocycles. The molecule has 156 valence electrons. The van der Waals surface area contributed by atoms with E-state index in [0.717, 1.165) is 33.5 Å². The van der Waals surface area contributed by atoms with Crippen LogP contribution in [0.4, 0.5) is 0 Å². The van der Waals surface area contributed by atoms with E-state index in [-0.39, 0.29) is 11.9 Å². The molecule has 4 rings (SSSR count). The predicted octanol–water partition coefficient (Wildman–Crippen LogP) is 5.86. The average molecular weight is 410 g/mol. The first-order valence-electron chi connectivity index (χ1n) is 10.6. The third kappa shape index (κ3) is 4.58. The van der Waals surface area contributed by atoms with Gasteiger partial charge in [-0.2, -0.15) is 0 Å². The van der Waals surface area contributed by atoms with Crippen molar-refractivity contribution >= 4 is 23.0 Å². The quantitative estimate of drug-likeness (QED) is 0.434. The largest absolute Gasteiger partial charge is 0.342 e. The van der Waals surface area contributed by atoms with Crippen LogP contribution in [-0.2, 0) is 6.54 Å². The number of nitrogens with one attached hydrogen (secondary N) is 1. The van der Waals surface area contributed by atoms with Crippen LogP contribution < -0.4 is 5.32 Å². The molecule has 0 saturated heterocycles. The molecule has 0 spiro atoms. The van der Waals surface area contributed by atoms with Gasteiger partial charge in [0, 0.05) is 12.1 Å². The molecule has 1 amide bonds. The zero-order valence-electron chi connectivity index (χ0n) is 18.2. The number of amides is 1. The Bertz CT molecular complexity index is 1240. The maximum absolute atomic E-state index is 12.9. The third-order valence-corrected chi connectivity index (χ3v) is 5.44. The standard InChI is InChI=1S/C27H27N3O/c1-19-15-16-23(20(2)18-19)27(31)28-21(3)26-29-24-13-7-8-14-25(24)30(26)17-9-12-22-10-5-4-6-11-22/h4-16,18,21H,17H2,1-3H3,(H,28,31)/b12-9+. The molecule has 3 aromatic carbocycles. The normalized spacial score (nSPS) is 12.4. The van der Waals surface area contributed by atoms with E-state index >= 15 is 0 Å². The molecular weight excluding hydrogens is 382 g/mol. The molecule has 4 heteroatoms. The number of para-hydroxylation sites is 2. The Balaban J connectivity index is 1.61. The van der Waals surface area contributed by atoms with E-state index in [2.05, 4.69) is 40.2 Å². The minimum Gasteiger partial charge on any atom is -0.342 e. The first-order chi connectivity index (χ1) is 15.0. The first-order valence-corrected chi connectivity index (χ1v) is 10.6. The molecule has 31 heavy (non-hydrogen) atoms. The minimum absolute atomic E-state index is 0.0802. The van der Waals surface area contributed by atoms with Gasteiger partial charge in [-0.05, 0) is 50.1 Å². The van der Waals surface area contributed by atoms with Crippen LogP contribution in [-0.4, -0.2) is 15.5 Å². The highest BCUT2D eigenvalue weighted by atomic mass is 16.1. The molecule has 1 atom stereocenters. The van der Waals surface area contributed by atoms with Gasteiger partial charge in [0.05, 0.1) is 17.1 Å². The van der Waals surface area contributed by atoms with Crippen LogP contribution in [0.2, 0.25) is 0 Å². The van der Waals surface area contributed by atoms with Crippen molar-refractivity contribution in [3.8, 4) is 0 Å². The van der Waals surface area contributed by atoms with Gasteiger partial charge in [0.2, 0.25) is 0 Å². The Morgan fingerprint density at radius 3 is 2.55 bits per heavy atom. The fourth-order valence-electron chi connectivity index (χ4n) is 3.88. The molecule has 0 aliphatic heterocycles. The van der Waals surface area contributed by atoms with E-state index in [1.165, 1.54) is 0 Å². The lowest BCUT2D eigenvalue weighted by Gasteiger charge is -2.16. The van der Waals surface area contributed by atoms with Crippen molar-refractivity contribution in [1.29, 1.82) is 0 Å². The first kappa shape index (κ1) is 20.6. The van der Waals surface area contributed by atoms with Gasteiger partial charge in [0.1, 0.15) is 5.82 Å². The SMILES string of the molecule is Cc1ccc(C(=O)NC(C)c2nc3ccccc3n2C/C=C/c2ccccc2)c(C)c1. The topological polar surface area (TPSA) is 46.9 Å². The number of nitrogens with zero attached hydrogens (tertiary/aromatic N) is 2. The van der Waals surface area contributed by atoms with E-state index in [1.807, 2.05) is 75.4 Å². The van der Waals surface area contributed by atoms with Crippen molar-refractivity contribution < 1.29 is 4.79 Å². The second-order valence-corrected chi connectivity index (χ2v) is 7.90. The summed E-state index contributed by atoms with van der Waals surface area (Å²) in [6.45, 7) is 6.66. The van der Waals surface area contributed by atoms with Gasteiger partial charge in [-0.25, -0.2) is 4.98 Å². The molecule has 1 heterocycles. The van der Waals surface area contributed by atoms with Crippen LogP contribution in [0.3, 0.4) is 0 Å². The number of hydrogen-bond acceptors (Lipinski definition) is 2. The molecule has 0 bridgehead atoms. The fourth-order valence-corrected chi connectivity index (χ4v) is 3.88. The molecular formula is C27H27N3O. The number of hydrogen-bond donors (Lipinski definition) is 1. The van der Waals surface area contributed by atoms with Crippen LogP contribution in [0.15, 0.2) is 78.9 Å². The number of carbonyl (C=O) groups is 1. The van der Waals surface area contributed by atoms with E-state index in [0.29, 0.717) is 12.1 Å². The van der Waals surface area contributed by atoms with E-state index in [9.17, 15) is 4.79 Å². The average Bonchev–Trinajstić information content (AvgIpc) is 3.13. The Morgan fingerprint density at radius 2 is 1.77 bits per heavy atom. The van der Waals surface area contributed by atoms with E-state index in [1.54, 1.807) is 0 Å². The van der Waals surface area contributed by atoms with Crippen molar-refractivity contribution in [3.63, 3.8) is 0 Å². The molecule has 4 aromatic rings. The Kier molecular flexibility index (Phi) is 5.99. The number of allylic oxidation sites excluding steroid dienone is 1. The molecule has 0 saturated carbocycles. The molecule has 0 radical (unpaired) electrons. The van der Waals surface area contributed by atoms with E-state index in [4.69, 9.17) is 4.98 Å². The van der Waals surface area contributed by atoms with Crippen molar-refractivity contribution in [1.82, 2.24) is 14.9 Å². The van der Waals surface area contributed by atoms with Crippen LogP contribution >= 0.6 is 0 Å². The molecule has 0 aliphatic rings. The Labute approximate surface area is 183 Å². The number of fused-ring (bicyclic) bond motifs is 1. The lowest BCUT2D eigenvalue weighted by atomic mass is 10.0. The highest BCUT2D eigenvalue weighted by Gasteiger charge is 2.19. The van der Waals surface area contributed by atoms with Gasteiger partial charge in [0.25, 0.3) is 5.91 Å². The smallest absolute Gasteiger partial charge is 0.252 e. The summed E-state index contributed by atoms with van der Waals surface area (Å²) in [5, 5.41) is 3.14. The predicted molar refractivity (Wildman–Crippen MR) is 127 cm³/mol. The molecule has 4 nitrogen and oxygen atoms in total. The van der Waals surface area contributed by atoms with E-state index < -0.39 is 0 Å². The maximum atomic E-state index is 12.9. The summed E-state index contributed by atoms with van der Waals surface area (Å²) in [7, 11) is 0. The zero-order valence-corrected chi connectivity index (χ0v) is 18.2. The fraction of sp³-hybridized carbons (Fsp3) is 0.185. The van der Waals surface area contributed by atoms with Gasteiger partial charge in [0.15, 0.2) is 0 Å². The summed E-state index contributed by atoms with van der Waals surface area (Å²) < 4.78 is 2.17. The number of imidazole rings is 1. The number of benzene rings is 3. The number of aromatic nitrogens is 2. The molecule has 0 fully saturated rings. The van der Waals surface area contributed by atoms with Gasteiger partial charge in [-0.1, -0.05) is 72.3 Å². The summed E-state index contributed by atoms with van der Waals surface area (Å²) in [5.74, 6) is 0.764. The second-order valence-electron chi connectivity index (χ2n) is 7.90. The molecule has 0 aliphatic carbocycles. The summed E-state index contributed by atoms with van der Waals surface area (Å²) in [6.07, 6.45) is 4.24. The number of aryl methyl sites for hydroxylation is 2. The summed E-state index contributed by atoms with van der Waals surface area (Å²) >= 11 is 0. The summed E-state index contributed by atoms with van der Waals surface area (Å²) in [5.41, 5.74) is 5.97. The lowest BCUT2D eigenvalue weighted by Crippen LogP contribution is -2.29. The van der Waals surface area contributed by atoms with Crippen LogP contribution in [0.1, 0.15) is 45.8 Å². The van der Waals surface area contributed by atoms with Crippen molar-refractivity contribution in [2.24, 2.45) is 0 Å². The lowest BCUT2D eigenvalue weighted by molar-refractivity contribution is 0.0937. The van der Waals surface area contributed by atoms with Gasteiger partial charge >= 0.3 is 0 Å². The molecule has 1 unspecified atom stereocenters. The van der Waals surface area contributed by atoms with Crippen LogP contribution in [0.5, 0.6) is 0 Å². The summed E-state index contributed by atoms with van der Waals surface area (Å²) in [6, 6.07) is 24.0. The highest BCUT2D eigenvalue weighted by molar-refractivity contribution is 5.96. The maximum Gasteiger partial charge on any atom is 0.252 e. The highest BCUT2D eigenvalue weighted by Crippen LogP contribution is 2.22. The second kappa shape index (κ2) is 9.00. The van der Waals surface area contributed by atoms with Crippen molar-refractivity contribution in [2.75, 3.05) is 0 Å². The monoisotopic (exact) mass is 409 g/mol. The van der Waals surface area contributed by atoms with Gasteiger partial charge < -0.3 is 9.88 Å².